The van der Waals surface area contributed by atoms with Crippen LogP contribution in [0.3, 0.4) is 0 Å². The standard InChI is InChI=1S/C22H21N5O3/c1-15-23-10-9-20(24-15)16-5-4-6-17(13-16)25-22(28)19-14-18(27(29)30)7-8-21(19)26-11-2-3-12-26/h4-10,13-14H,2-3,11-12H2,1H3,(H,25,28). The van der Waals surface area contributed by atoms with E-state index in [1.807, 2.05) is 25.1 Å². The number of carbonyl (C=O) groups is 1. The van der Waals surface area contributed by atoms with Crippen molar-refractivity contribution in [1.29, 1.82) is 0 Å². The summed E-state index contributed by atoms with van der Waals surface area (Å²) in [6, 6.07) is 13.6. The third-order valence-electron chi connectivity index (χ3n) is 5.07. The maximum Gasteiger partial charge on any atom is 0.270 e. The van der Waals surface area contributed by atoms with Crippen LogP contribution >= 0.6 is 0 Å². The van der Waals surface area contributed by atoms with Crippen molar-refractivity contribution in [2.75, 3.05) is 23.3 Å². The molecule has 30 heavy (non-hydrogen) atoms. The minimum Gasteiger partial charge on any atom is -0.371 e. The third-order valence-corrected chi connectivity index (χ3v) is 5.07. The molecule has 0 spiro atoms. The minimum absolute atomic E-state index is 0.103. The van der Waals surface area contributed by atoms with E-state index in [0.29, 0.717) is 17.1 Å². The Morgan fingerprint density at radius 3 is 2.67 bits per heavy atom. The van der Waals surface area contributed by atoms with Gasteiger partial charge in [0.2, 0.25) is 0 Å². The lowest BCUT2D eigenvalue weighted by Crippen LogP contribution is -2.23. The summed E-state index contributed by atoms with van der Waals surface area (Å²) in [5, 5.41) is 14.1. The predicted molar refractivity (Wildman–Crippen MR) is 115 cm³/mol. The number of nitrogens with zero attached hydrogens (tertiary/aromatic N) is 4. The number of aryl methyl sites for hydroxylation is 1. The Morgan fingerprint density at radius 1 is 1.13 bits per heavy atom. The first-order chi connectivity index (χ1) is 14.5. The smallest absolute Gasteiger partial charge is 0.270 e. The van der Waals surface area contributed by atoms with Crippen LogP contribution in [0.15, 0.2) is 54.7 Å². The fraction of sp³-hybridized carbons (Fsp3) is 0.227. The fourth-order valence-corrected chi connectivity index (χ4v) is 3.62. The van der Waals surface area contributed by atoms with Gasteiger partial charge in [-0.25, -0.2) is 9.97 Å². The summed E-state index contributed by atoms with van der Waals surface area (Å²) < 4.78 is 0. The van der Waals surface area contributed by atoms with E-state index in [0.717, 1.165) is 42.9 Å². The van der Waals surface area contributed by atoms with Gasteiger partial charge in [-0.05, 0) is 44.0 Å². The van der Waals surface area contributed by atoms with Crippen LogP contribution in [-0.4, -0.2) is 33.9 Å². The van der Waals surface area contributed by atoms with Gasteiger partial charge in [0.15, 0.2) is 0 Å². The second kappa shape index (κ2) is 8.28. The Morgan fingerprint density at radius 2 is 1.93 bits per heavy atom. The molecule has 1 amide bonds. The van der Waals surface area contributed by atoms with Crippen molar-refractivity contribution in [1.82, 2.24) is 9.97 Å². The topological polar surface area (TPSA) is 101 Å². The van der Waals surface area contributed by atoms with Crippen molar-refractivity contribution in [3.8, 4) is 11.3 Å². The van der Waals surface area contributed by atoms with E-state index in [4.69, 9.17) is 0 Å². The average molecular weight is 403 g/mol. The van der Waals surface area contributed by atoms with Crippen molar-refractivity contribution in [2.45, 2.75) is 19.8 Å². The molecule has 0 unspecified atom stereocenters. The van der Waals surface area contributed by atoms with Gasteiger partial charge in [0.1, 0.15) is 5.82 Å². The monoisotopic (exact) mass is 403 g/mol. The number of hydrogen-bond donors (Lipinski definition) is 1. The van der Waals surface area contributed by atoms with Crippen molar-refractivity contribution < 1.29 is 9.72 Å². The zero-order valence-corrected chi connectivity index (χ0v) is 16.5. The van der Waals surface area contributed by atoms with Crippen LogP contribution in [0.2, 0.25) is 0 Å². The summed E-state index contributed by atoms with van der Waals surface area (Å²) in [6.45, 7) is 3.48. The molecule has 2 heterocycles. The highest BCUT2D eigenvalue weighted by Gasteiger charge is 2.22. The highest BCUT2D eigenvalue weighted by atomic mass is 16.6. The van der Waals surface area contributed by atoms with Gasteiger partial charge in [-0.3, -0.25) is 14.9 Å². The number of hydrogen-bond acceptors (Lipinski definition) is 6. The van der Waals surface area contributed by atoms with E-state index in [2.05, 4.69) is 20.2 Å². The predicted octanol–water partition coefficient (Wildman–Crippen LogP) is 4.21. The van der Waals surface area contributed by atoms with E-state index < -0.39 is 4.92 Å². The first-order valence-electron chi connectivity index (χ1n) is 9.76. The summed E-state index contributed by atoms with van der Waals surface area (Å²) in [4.78, 5) is 34.5. The SMILES string of the molecule is Cc1nccc(-c2cccc(NC(=O)c3cc([N+](=O)[O-])ccc3N3CCCC3)c2)n1. The third kappa shape index (κ3) is 4.12. The van der Waals surface area contributed by atoms with Crippen molar-refractivity contribution in [3.63, 3.8) is 0 Å². The molecule has 8 nitrogen and oxygen atoms in total. The zero-order chi connectivity index (χ0) is 21.1. The summed E-state index contributed by atoms with van der Waals surface area (Å²) >= 11 is 0. The maximum absolute atomic E-state index is 13.1. The van der Waals surface area contributed by atoms with Gasteiger partial charge in [-0.2, -0.15) is 0 Å². The first kappa shape index (κ1) is 19.5. The molecule has 0 aliphatic carbocycles. The molecular weight excluding hydrogens is 382 g/mol. The van der Waals surface area contributed by atoms with Crippen LogP contribution in [0.5, 0.6) is 0 Å². The van der Waals surface area contributed by atoms with Gasteiger partial charge in [0.05, 0.1) is 21.9 Å². The molecular formula is C22H21N5O3. The number of carbonyl (C=O) groups excluding carboxylic acids is 1. The number of nitro groups is 1. The number of nitro benzene ring substituents is 1. The number of rotatable bonds is 5. The number of non-ortho nitro benzene ring substituents is 1. The van der Waals surface area contributed by atoms with Crippen LogP contribution in [0.1, 0.15) is 29.0 Å². The summed E-state index contributed by atoms with van der Waals surface area (Å²) in [7, 11) is 0. The largest absolute Gasteiger partial charge is 0.371 e. The molecule has 152 valence electrons. The molecule has 0 bridgehead atoms. The highest BCUT2D eigenvalue weighted by Crippen LogP contribution is 2.29. The van der Waals surface area contributed by atoms with Crippen LogP contribution in [0.4, 0.5) is 17.1 Å². The van der Waals surface area contributed by atoms with Crippen molar-refractivity contribution >= 4 is 23.0 Å². The highest BCUT2D eigenvalue weighted by molar-refractivity contribution is 6.08. The molecule has 1 saturated heterocycles. The number of nitrogens with one attached hydrogen (secondary N) is 1. The van der Waals surface area contributed by atoms with Crippen LogP contribution in [-0.2, 0) is 0 Å². The Labute approximate surface area is 173 Å². The van der Waals surface area contributed by atoms with Gasteiger partial charge < -0.3 is 10.2 Å². The van der Waals surface area contributed by atoms with Gasteiger partial charge in [0, 0.05) is 42.7 Å². The molecule has 0 radical (unpaired) electrons. The molecule has 1 fully saturated rings. The molecule has 0 saturated carbocycles. The van der Waals surface area contributed by atoms with Gasteiger partial charge in [0.25, 0.3) is 11.6 Å². The summed E-state index contributed by atoms with van der Waals surface area (Å²) in [5.74, 6) is 0.283. The van der Waals surface area contributed by atoms with Gasteiger partial charge in [-0.15, -0.1) is 0 Å². The van der Waals surface area contributed by atoms with Crippen molar-refractivity contribution in [2.24, 2.45) is 0 Å². The molecule has 1 aliphatic heterocycles. The Kier molecular flexibility index (Phi) is 5.38. The van der Waals surface area contributed by atoms with Gasteiger partial charge >= 0.3 is 0 Å². The van der Waals surface area contributed by atoms with E-state index >= 15 is 0 Å². The molecule has 1 aliphatic rings. The van der Waals surface area contributed by atoms with E-state index in [9.17, 15) is 14.9 Å². The molecule has 8 heteroatoms. The second-order valence-electron chi connectivity index (χ2n) is 7.18. The average Bonchev–Trinajstić information content (AvgIpc) is 3.28. The van der Waals surface area contributed by atoms with Crippen LogP contribution < -0.4 is 10.2 Å². The number of benzene rings is 2. The summed E-state index contributed by atoms with van der Waals surface area (Å²) in [5.41, 5.74) is 3.11. The Hall–Kier alpha value is -3.81. The minimum atomic E-state index is -0.484. The first-order valence-corrected chi connectivity index (χ1v) is 9.76. The van der Waals surface area contributed by atoms with E-state index in [-0.39, 0.29) is 11.6 Å². The zero-order valence-electron chi connectivity index (χ0n) is 16.5. The molecule has 2 aromatic carbocycles. The molecule has 0 atom stereocenters. The van der Waals surface area contributed by atoms with Crippen LogP contribution in [0, 0.1) is 17.0 Å². The van der Waals surface area contributed by atoms with Crippen LogP contribution in [0.25, 0.3) is 11.3 Å². The summed E-state index contributed by atoms with van der Waals surface area (Å²) in [6.07, 6.45) is 3.77. The molecule has 3 aromatic rings. The normalized spacial score (nSPS) is 13.3. The van der Waals surface area contributed by atoms with Crippen molar-refractivity contribution in [3.05, 3.63) is 76.2 Å². The molecule has 1 N–H and O–H groups in total. The second-order valence-corrected chi connectivity index (χ2v) is 7.18. The maximum atomic E-state index is 13.1. The molecule has 4 rings (SSSR count). The lowest BCUT2D eigenvalue weighted by Gasteiger charge is -2.21. The number of aromatic nitrogens is 2. The Bertz CT molecular complexity index is 1110. The fourth-order valence-electron chi connectivity index (χ4n) is 3.62. The Balaban J connectivity index is 1.64. The lowest BCUT2D eigenvalue weighted by atomic mass is 10.1. The number of amides is 1. The van der Waals surface area contributed by atoms with E-state index in [1.165, 1.54) is 12.1 Å². The quantitative estimate of drug-likeness (QED) is 0.506. The van der Waals surface area contributed by atoms with Gasteiger partial charge in [-0.1, -0.05) is 12.1 Å². The molecule has 1 aromatic heterocycles. The van der Waals surface area contributed by atoms with E-state index in [1.54, 1.807) is 24.4 Å². The number of anilines is 2. The lowest BCUT2D eigenvalue weighted by molar-refractivity contribution is -0.384.